The van der Waals surface area contributed by atoms with Gasteiger partial charge in [-0.05, 0) is 31.6 Å². The van der Waals surface area contributed by atoms with E-state index in [0.717, 1.165) is 12.5 Å². The maximum atomic E-state index is 5.10. The lowest BCUT2D eigenvalue weighted by Crippen LogP contribution is -2.21. The molecule has 2 nitrogen and oxygen atoms in total. The monoisotopic (exact) mass is 128 g/mol. The fraction of sp³-hybridized carbons (Fsp3) is 1.00. The topological polar surface area (TPSA) is 18.5 Å². The highest BCUT2D eigenvalue weighted by Gasteiger charge is 2.33. The first kappa shape index (κ1) is 5.69. The predicted octanol–water partition coefficient (Wildman–Crippen LogP) is 1.51. The van der Waals surface area contributed by atoms with E-state index in [2.05, 4.69) is 0 Å². The van der Waals surface area contributed by atoms with Crippen molar-refractivity contribution in [2.75, 3.05) is 6.61 Å². The average Bonchev–Trinajstić information content (AvgIpc) is 2.71. The Morgan fingerprint density at radius 3 is 2.56 bits per heavy atom. The van der Waals surface area contributed by atoms with Crippen LogP contribution in [0.15, 0.2) is 0 Å². The standard InChI is InChI=1S/C7H12O2/c1-2-7(6-3-4-6)9-8-5-1/h6-7H,1-5H2. The molecule has 9 heavy (non-hydrogen) atoms. The highest BCUT2D eigenvalue weighted by molar-refractivity contribution is 4.81. The minimum absolute atomic E-state index is 0.443. The molecular weight excluding hydrogens is 116 g/mol. The van der Waals surface area contributed by atoms with Gasteiger partial charge in [0.15, 0.2) is 0 Å². The summed E-state index contributed by atoms with van der Waals surface area (Å²) in [6, 6.07) is 0. The molecule has 1 atom stereocenters. The zero-order valence-corrected chi connectivity index (χ0v) is 5.51. The first-order valence-electron chi connectivity index (χ1n) is 3.75. The molecule has 1 saturated carbocycles. The lowest BCUT2D eigenvalue weighted by atomic mass is 10.1. The van der Waals surface area contributed by atoms with Crippen LogP contribution in [0.3, 0.4) is 0 Å². The van der Waals surface area contributed by atoms with Gasteiger partial charge >= 0.3 is 0 Å². The second kappa shape index (κ2) is 2.27. The normalized spacial score (nSPS) is 36.7. The highest BCUT2D eigenvalue weighted by Crippen LogP contribution is 2.37. The highest BCUT2D eigenvalue weighted by atomic mass is 17.2. The molecule has 52 valence electrons. The van der Waals surface area contributed by atoms with E-state index >= 15 is 0 Å². The molecule has 0 aromatic rings. The van der Waals surface area contributed by atoms with E-state index in [-0.39, 0.29) is 0 Å². The van der Waals surface area contributed by atoms with E-state index in [1.54, 1.807) is 0 Å². The van der Waals surface area contributed by atoms with Crippen molar-refractivity contribution in [3.8, 4) is 0 Å². The summed E-state index contributed by atoms with van der Waals surface area (Å²) in [5, 5.41) is 0. The van der Waals surface area contributed by atoms with Gasteiger partial charge in [-0.15, -0.1) is 0 Å². The van der Waals surface area contributed by atoms with Crippen molar-refractivity contribution in [3.05, 3.63) is 0 Å². The zero-order valence-electron chi connectivity index (χ0n) is 5.51. The molecule has 2 aliphatic rings. The summed E-state index contributed by atoms with van der Waals surface area (Å²) in [6.07, 6.45) is 5.55. The van der Waals surface area contributed by atoms with Gasteiger partial charge in [-0.25, -0.2) is 9.78 Å². The summed E-state index contributed by atoms with van der Waals surface area (Å²) in [4.78, 5) is 9.99. The SMILES string of the molecule is C1COOC(C2CC2)C1. The quantitative estimate of drug-likeness (QED) is 0.498. The Labute approximate surface area is 55.1 Å². The molecule has 1 heterocycles. The molecule has 2 heteroatoms. The van der Waals surface area contributed by atoms with Gasteiger partial charge in [0.2, 0.25) is 0 Å². The number of rotatable bonds is 1. The Morgan fingerprint density at radius 2 is 2.00 bits per heavy atom. The van der Waals surface area contributed by atoms with E-state index in [9.17, 15) is 0 Å². The van der Waals surface area contributed by atoms with Crippen LogP contribution in [0.5, 0.6) is 0 Å². The molecule has 0 radical (unpaired) electrons. The van der Waals surface area contributed by atoms with E-state index in [4.69, 9.17) is 9.78 Å². The van der Waals surface area contributed by atoms with Crippen LogP contribution in [0.25, 0.3) is 0 Å². The Balaban J connectivity index is 1.80. The van der Waals surface area contributed by atoms with Crippen LogP contribution in [0.2, 0.25) is 0 Å². The maximum absolute atomic E-state index is 5.10. The van der Waals surface area contributed by atoms with E-state index < -0.39 is 0 Å². The zero-order chi connectivity index (χ0) is 6.10. The van der Waals surface area contributed by atoms with Crippen LogP contribution in [0.1, 0.15) is 25.7 Å². The van der Waals surface area contributed by atoms with Crippen molar-refractivity contribution in [2.45, 2.75) is 31.8 Å². The van der Waals surface area contributed by atoms with Crippen molar-refractivity contribution in [3.63, 3.8) is 0 Å². The molecule has 1 aliphatic carbocycles. The molecule has 0 aromatic heterocycles. The molecule has 0 spiro atoms. The van der Waals surface area contributed by atoms with Gasteiger partial charge < -0.3 is 0 Å². The van der Waals surface area contributed by atoms with Crippen molar-refractivity contribution in [2.24, 2.45) is 5.92 Å². The van der Waals surface area contributed by atoms with Gasteiger partial charge in [0.1, 0.15) is 0 Å². The van der Waals surface area contributed by atoms with Gasteiger partial charge in [-0.1, -0.05) is 0 Å². The van der Waals surface area contributed by atoms with Gasteiger partial charge in [0, 0.05) is 0 Å². The maximum Gasteiger partial charge on any atom is 0.0958 e. The first-order chi connectivity index (χ1) is 4.47. The van der Waals surface area contributed by atoms with E-state index in [1.807, 2.05) is 0 Å². The molecule has 1 unspecified atom stereocenters. The summed E-state index contributed by atoms with van der Waals surface area (Å²) in [5.74, 6) is 0.838. The van der Waals surface area contributed by atoms with Crippen LogP contribution >= 0.6 is 0 Å². The van der Waals surface area contributed by atoms with Crippen LogP contribution in [-0.4, -0.2) is 12.7 Å². The summed E-state index contributed by atoms with van der Waals surface area (Å²) < 4.78 is 0. The molecule has 0 amide bonds. The fourth-order valence-corrected chi connectivity index (χ4v) is 1.31. The lowest BCUT2D eigenvalue weighted by Gasteiger charge is -2.20. The molecular formula is C7H12O2. The molecule has 1 saturated heterocycles. The van der Waals surface area contributed by atoms with E-state index in [1.165, 1.54) is 25.7 Å². The third-order valence-electron chi connectivity index (χ3n) is 2.06. The molecule has 1 aliphatic heterocycles. The minimum Gasteiger partial charge on any atom is -0.236 e. The predicted molar refractivity (Wildman–Crippen MR) is 32.8 cm³/mol. The van der Waals surface area contributed by atoms with Crippen LogP contribution in [0, 0.1) is 5.92 Å². The molecule has 0 aromatic carbocycles. The lowest BCUT2D eigenvalue weighted by molar-refractivity contribution is -0.348. The molecule has 2 fully saturated rings. The van der Waals surface area contributed by atoms with Gasteiger partial charge in [0.05, 0.1) is 12.7 Å². The smallest absolute Gasteiger partial charge is 0.0958 e. The van der Waals surface area contributed by atoms with Crippen LogP contribution in [-0.2, 0) is 9.78 Å². The first-order valence-corrected chi connectivity index (χ1v) is 3.75. The van der Waals surface area contributed by atoms with Gasteiger partial charge in [0.25, 0.3) is 0 Å². The minimum atomic E-state index is 0.443. The van der Waals surface area contributed by atoms with E-state index in [0.29, 0.717) is 6.10 Å². The van der Waals surface area contributed by atoms with Crippen molar-refractivity contribution >= 4 is 0 Å². The Bertz CT molecular complexity index is 93.1. The fourth-order valence-electron chi connectivity index (χ4n) is 1.31. The largest absolute Gasteiger partial charge is 0.236 e. The van der Waals surface area contributed by atoms with Crippen molar-refractivity contribution < 1.29 is 9.78 Å². The molecule has 2 rings (SSSR count). The Morgan fingerprint density at radius 1 is 1.11 bits per heavy atom. The number of hydrogen-bond donors (Lipinski definition) is 0. The molecule has 0 bridgehead atoms. The van der Waals surface area contributed by atoms with Crippen LogP contribution in [0.4, 0.5) is 0 Å². The summed E-state index contributed by atoms with van der Waals surface area (Å²) in [6.45, 7) is 0.795. The van der Waals surface area contributed by atoms with Gasteiger partial charge in [-0.2, -0.15) is 0 Å². The number of hydrogen-bond acceptors (Lipinski definition) is 2. The third-order valence-corrected chi connectivity index (χ3v) is 2.06. The third kappa shape index (κ3) is 1.25. The summed E-state index contributed by atoms with van der Waals surface area (Å²) in [5.41, 5.74) is 0. The van der Waals surface area contributed by atoms with Crippen LogP contribution < -0.4 is 0 Å². The second-order valence-corrected chi connectivity index (χ2v) is 2.94. The van der Waals surface area contributed by atoms with Gasteiger partial charge in [-0.3, -0.25) is 0 Å². The average molecular weight is 128 g/mol. The summed E-state index contributed by atoms with van der Waals surface area (Å²) in [7, 11) is 0. The van der Waals surface area contributed by atoms with Crippen molar-refractivity contribution in [1.29, 1.82) is 0 Å². The Hall–Kier alpha value is -0.0800. The summed E-state index contributed by atoms with van der Waals surface area (Å²) >= 11 is 0. The molecule has 0 N–H and O–H groups in total. The van der Waals surface area contributed by atoms with Crippen molar-refractivity contribution in [1.82, 2.24) is 0 Å². The second-order valence-electron chi connectivity index (χ2n) is 2.94. The Kier molecular flexibility index (Phi) is 1.44.